The standard InChI is InChI=1S/C13H17F3N2O/c14-13(15,16)10-6-4-9(5-7-10)12(18-17)11-3-1-2-8-19-11/h4-7,11-12,18H,1-3,8,17H2. The first kappa shape index (κ1) is 14.3. The molecule has 1 aromatic carbocycles. The third-order valence-corrected chi connectivity index (χ3v) is 3.36. The van der Waals surface area contributed by atoms with E-state index in [9.17, 15) is 13.2 Å². The highest BCUT2D eigenvalue weighted by atomic mass is 19.4. The summed E-state index contributed by atoms with van der Waals surface area (Å²) in [5.74, 6) is 5.51. The van der Waals surface area contributed by atoms with E-state index in [2.05, 4.69) is 5.43 Å². The molecule has 2 unspecified atom stereocenters. The molecule has 0 bridgehead atoms. The molecule has 3 N–H and O–H groups in total. The summed E-state index contributed by atoms with van der Waals surface area (Å²) in [5, 5.41) is 0. The minimum Gasteiger partial charge on any atom is -0.376 e. The minimum absolute atomic E-state index is 0.0875. The lowest BCUT2D eigenvalue weighted by molar-refractivity contribution is -0.137. The van der Waals surface area contributed by atoms with Crippen molar-refractivity contribution in [1.82, 2.24) is 5.43 Å². The van der Waals surface area contributed by atoms with Crippen LogP contribution in [0.15, 0.2) is 24.3 Å². The van der Waals surface area contributed by atoms with E-state index in [4.69, 9.17) is 10.6 Å². The van der Waals surface area contributed by atoms with Crippen molar-refractivity contribution >= 4 is 0 Å². The number of halogens is 3. The maximum absolute atomic E-state index is 12.5. The van der Waals surface area contributed by atoms with Gasteiger partial charge in [0, 0.05) is 6.61 Å². The molecule has 1 aliphatic heterocycles. The van der Waals surface area contributed by atoms with Gasteiger partial charge in [-0.3, -0.25) is 11.3 Å². The second-order valence-electron chi connectivity index (χ2n) is 4.67. The second kappa shape index (κ2) is 5.90. The average Bonchev–Trinajstić information content (AvgIpc) is 2.40. The lowest BCUT2D eigenvalue weighted by atomic mass is 9.95. The summed E-state index contributed by atoms with van der Waals surface area (Å²) < 4.78 is 43.1. The van der Waals surface area contributed by atoms with Crippen molar-refractivity contribution in [3.05, 3.63) is 35.4 Å². The van der Waals surface area contributed by atoms with Crippen LogP contribution in [-0.4, -0.2) is 12.7 Å². The summed E-state index contributed by atoms with van der Waals surface area (Å²) in [6.07, 6.45) is -1.48. The molecule has 19 heavy (non-hydrogen) atoms. The van der Waals surface area contributed by atoms with Crippen LogP contribution in [0.5, 0.6) is 0 Å². The molecule has 0 amide bonds. The first-order valence-electron chi connectivity index (χ1n) is 6.27. The fraction of sp³-hybridized carbons (Fsp3) is 0.538. The van der Waals surface area contributed by atoms with E-state index in [1.807, 2.05) is 0 Å². The predicted octanol–water partition coefficient (Wildman–Crippen LogP) is 2.78. The molecule has 1 aliphatic rings. The Kier molecular flexibility index (Phi) is 4.44. The van der Waals surface area contributed by atoms with Gasteiger partial charge < -0.3 is 4.74 Å². The van der Waals surface area contributed by atoms with Gasteiger partial charge in [-0.1, -0.05) is 12.1 Å². The van der Waals surface area contributed by atoms with Crippen LogP contribution in [0.25, 0.3) is 0 Å². The minimum atomic E-state index is -4.31. The van der Waals surface area contributed by atoms with E-state index in [1.54, 1.807) is 0 Å². The van der Waals surface area contributed by atoms with Gasteiger partial charge in [-0.15, -0.1) is 0 Å². The number of rotatable bonds is 3. The third-order valence-electron chi connectivity index (χ3n) is 3.36. The van der Waals surface area contributed by atoms with Crippen molar-refractivity contribution in [3.8, 4) is 0 Å². The average molecular weight is 274 g/mol. The first-order chi connectivity index (χ1) is 9.02. The molecular weight excluding hydrogens is 257 g/mol. The van der Waals surface area contributed by atoms with Crippen LogP contribution >= 0.6 is 0 Å². The molecule has 0 spiro atoms. The van der Waals surface area contributed by atoms with Crippen LogP contribution in [-0.2, 0) is 10.9 Å². The zero-order valence-electron chi connectivity index (χ0n) is 10.4. The predicted molar refractivity (Wildman–Crippen MR) is 65.1 cm³/mol. The Hall–Kier alpha value is -1.11. The van der Waals surface area contributed by atoms with Gasteiger partial charge in [0.05, 0.1) is 17.7 Å². The largest absolute Gasteiger partial charge is 0.416 e. The topological polar surface area (TPSA) is 47.3 Å². The Labute approximate surface area is 109 Å². The lowest BCUT2D eigenvalue weighted by Crippen LogP contribution is -2.39. The molecule has 0 saturated carbocycles. The molecule has 0 aromatic heterocycles. The first-order valence-corrected chi connectivity index (χ1v) is 6.27. The molecule has 0 radical (unpaired) electrons. The van der Waals surface area contributed by atoms with Gasteiger partial charge in [0.2, 0.25) is 0 Å². The van der Waals surface area contributed by atoms with Crippen LogP contribution in [0.3, 0.4) is 0 Å². The van der Waals surface area contributed by atoms with Crippen molar-refractivity contribution in [2.24, 2.45) is 5.84 Å². The molecule has 1 fully saturated rings. The summed E-state index contributed by atoms with van der Waals surface area (Å²) in [4.78, 5) is 0. The van der Waals surface area contributed by atoms with Crippen LogP contribution < -0.4 is 11.3 Å². The van der Waals surface area contributed by atoms with E-state index >= 15 is 0 Å². The Bertz CT molecular complexity index is 399. The normalized spacial score (nSPS) is 22.2. The second-order valence-corrected chi connectivity index (χ2v) is 4.67. The van der Waals surface area contributed by atoms with Crippen LogP contribution in [0, 0.1) is 0 Å². The summed E-state index contributed by atoms with van der Waals surface area (Å²) >= 11 is 0. The van der Waals surface area contributed by atoms with E-state index < -0.39 is 11.7 Å². The fourth-order valence-corrected chi connectivity index (χ4v) is 2.33. The van der Waals surface area contributed by atoms with Gasteiger partial charge in [0.25, 0.3) is 0 Å². The van der Waals surface area contributed by atoms with E-state index in [0.717, 1.165) is 31.4 Å². The molecule has 1 saturated heterocycles. The fourth-order valence-electron chi connectivity index (χ4n) is 2.33. The highest BCUT2D eigenvalue weighted by Crippen LogP contribution is 2.31. The highest BCUT2D eigenvalue weighted by molar-refractivity contribution is 5.27. The van der Waals surface area contributed by atoms with Gasteiger partial charge in [0.1, 0.15) is 0 Å². The summed E-state index contributed by atoms with van der Waals surface area (Å²) in [6, 6.07) is 4.77. The Morgan fingerprint density at radius 3 is 2.37 bits per heavy atom. The smallest absolute Gasteiger partial charge is 0.376 e. The number of nitrogens with two attached hydrogens (primary N) is 1. The van der Waals surface area contributed by atoms with Gasteiger partial charge in [-0.2, -0.15) is 13.2 Å². The highest BCUT2D eigenvalue weighted by Gasteiger charge is 2.31. The molecule has 2 atom stereocenters. The molecule has 1 heterocycles. The number of alkyl halides is 3. The van der Waals surface area contributed by atoms with Crippen LogP contribution in [0.4, 0.5) is 13.2 Å². The molecular formula is C13H17F3N2O. The zero-order chi connectivity index (χ0) is 13.9. The molecule has 1 aromatic rings. The Balaban J connectivity index is 2.14. The SMILES string of the molecule is NNC(c1ccc(C(F)(F)F)cc1)C1CCCCO1. The Morgan fingerprint density at radius 1 is 1.21 bits per heavy atom. The van der Waals surface area contributed by atoms with Gasteiger partial charge >= 0.3 is 6.18 Å². The molecule has 2 rings (SSSR count). The summed E-state index contributed by atoms with van der Waals surface area (Å²) in [5.41, 5.74) is 2.69. The van der Waals surface area contributed by atoms with Crippen LogP contribution in [0.1, 0.15) is 36.4 Å². The van der Waals surface area contributed by atoms with E-state index in [1.165, 1.54) is 12.1 Å². The number of benzene rings is 1. The molecule has 0 aliphatic carbocycles. The van der Waals surface area contributed by atoms with E-state index in [0.29, 0.717) is 12.2 Å². The van der Waals surface area contributed by atoms with Gasteiger partial charge in [-0.05, 0) is 37.0 Å². The van der Waals surface area contributed by atoms with Crippen molar-refractivity contribution in [2.45, 2.75) is 37.6 Å². The van der Waals surface area contributed by atoms with Gasteiger partial charge in [0.15, 0.2) is 0 Å². The van der Waals surface area contributed by atoms with Crippen molar-refractivity contribution in [3.63, 3.8) is 0 Å². The molecule has 3 nitrogen and oxygen atoms in total. The van der Waals surface area contributed by atoms with Crippen molar-refractivity contribution < 1.29 is 17.9 Å². The third kappa shape index (κ3) is 3.46. The quantitative estimate of drug-likeness (QED) is 0.658. The van der Waals surface area contributed by atoms with Crippen molar-refractivity contribution in [1.29, 1.82) is 0 Å². The maximum atomic E-state index is 12.5. The summed E-state index contributed by atoms with van der Waals surface area (Å²) in [7, 11) is 0. The number of nitrogens with one attached hydrogen (secondary N) is 1. The molecule has 6 heteroatoms. The monoisotopic (exact) mass is 274 g/mol. The number of hydrogen-bond acceptors (Lipinski definition) is 3. The number of hydrogen-bond donors (Lipinski definition) is 2. The lowest BCUT2D eigenvalue weighted by Gasteiger charge is -2.30. The van der Waals surface area contributed by atoms with Gasteiger partial charge in [-0.25, -0.2) is 0 Å². The summed E-state index contributed by atoms with van der Waals surface area (Å²) in [6.45, 7) is 0.670. The molecule has 106 valence electrons. The number of hydrazine groups is 1. The van der Waals surface area contributed by atoms with Crippen molar-refractivity contribution in [2.75, 3.05) is 6.61 Å². The number of ether oxygens (including phenoxy) is 1. The maximum Gasteiger partial charge on any atom is 0.416 e. The zero-order valence-corrected chi connectivity index (χ0v) is 10.4. The Morgan fingerprint density at radius 2 is 1.89 bits per heavy atom. The van der Waals surface area contributed by atoms with Crippen LogP contribution in [0.2, 0.25) is 0 Å². The van der Waals surface area contributed by atoms with E-state index in [-0.39, 0.29) is 12.1 Å².